The summed E-state index contributed by atoms with van der Waals surface area (Å²) in [5, 5.41) is 22.9. The number of carboxylic acid groups (broad SMARTS) is 1. The fraction of sp³-hybridized carbons (Fsp3) is 0.190. The maximum absolute atomic E-state index is 12.3. The molecule has 0 saturated heterocycles. The largest absolute Gasteiger partial charge is 0.478 e. The van der Waals surface area contributed by atoms with Crippen LogP contribution in [0.25, 0.3) is 16.6 Å². The van der Waals surface area contributed by atoms with E-state index in [0.717, 1.165) is 5.69 Å². The number of nitrogens with two attached hydrogens (primary N) is 1. The Labute approximate surface area is 182 Å². The van der Waals surface area contributed by atoms with Crippen molar-refractivity contribution in [2.45, 2.75) is 26.2 Å². The first-order valence-electron chi connectivity index (χ1n) is 9.64. The Morgan fingerprint density at radius 3 is 2.50 bits per heavy atom. The van der Waals surface area contributed by atoms with Gasteiger partial charge in [0.25, 0.3) is 0 Å². The SMILES string of the molecule is CC(C)(C)c1cc(NC(=O)Nc2ccc(-c3c(C(=O)O)cn4ncnc(N)c34)cc2)on1. The van der Waals surface area contributed by atoms with E-state index in [2.05, 4.69) is 25.9 Å². The number of hydrogen-bond acceptors (Lipinski definition) is 7. The van der Waals surface area contributed by atoms with Crippen LogP contribution in [0.4, 0.5) is 22.2 Å². The summed E-state index contributed by atoms with van der Waals surface area (Å²) in [7, 11) is 0. The van der Waals surface area contributed by atoms with Crippen LogP contribution in [-0.4, -0.2) is 36.9 Å². The molecule has 3 aromatic heterocycles. The molecule has 32 heavy (non-hydrogen) atoms. The topological polar surface area (TPSA) is 161 Å². The Balaban J connectivity index is 1.55. The lowest BCUT2D eigenvalue weighted by Crippen LogP contribution is -2.19. The van der Waals surface area contributed by atoms with E-state index in [9.17, 15) is 14.7 Å². The maximum atomic E-state index is 12.3. The number of carbonyl (C=O) groups is 2. The number of anilines is 3. The molecule has 4 rings (SSSR count). The first-order chi connectivity index (χ1) is 15.1. The van der Waals surface area contributed by atoms with Gasteiger partial charge in [-0.25, -0.2) is 19.1 Å². The van der Waals surface area contributed by atoms with Gasteiger partial charge in [0.2, 0.25) is 5.88 Å². The van der Waals surface area contributed by atoms with Crippen LogP contribution in [-0.2, 0) is 5.41 Å². The second-order valence-electron chi connectivity index (χ2n) is 8.14. The van der Waals surface area contributed by atoms with Crippen molar-refractivity contribution in [1.29, 1.82) is 0 Å². The van der Waals surface area contributed by atoms with Crippen molar-refractivity contribution < 1.29 is 19.2 Å². The average molecular weight is 435 g/mol. The number of carboxylic acids is 1. The lowest BCUT2D eigenvalue weighted by atomic mass is 9.92. The minimum Gasteiger partial charge on any atom is -0.478 e. The molecule has 4 aromatic rings. The van der Waals surface area contributed by atoms with Gasteiger partial charge in [0.15, 0.2) is 5.82 Å². The molecule has 3 heterocycles. The van der Waals surface area contributed by atoms with E-state index >= 15 is 0 Å². The number of aromatic nitrogens is 4. The molecule has 2 amide bonds. The summed E-state index contributed by atoms with van der Waals surface area (Å²) in [6, 6.07) is 7.80. The molecule has 0 unspecified atom stereocenters. The molecule has 0 atom stereocenters. The predicted molar refractivity (Wildman–Crippen MR) is 118 cm³/mol. The maximum Gasteiger partial charge on any atom is 0.337 e. The number of fused-ring (bicyclic) bond motifs is 1. The molecular weight excluding hydrogens is 414 g/mol. The van der Waals surface area contributed by atoms with Crippen LogP contribution in [0, 0.1) is 0 Å². The Morgan fingerprint density at radius 1 is 1.16 bits per heavy atom. The summed E-state index contributed by atoms with van der Waals surface area (Å²) in [4.78, 5) is 28.0. The zero-order chi connectivity index (χ0) is 23.0. The van der Waals surface area contributed by atoms with Crippen molar-refractivity contribution in [3.8, 4) is 11.1 Å². The molecule has 0 bridgehead atoms. The number of urea groups is 1. The van der Waals surface area contributed by atoms with Crippen LogP contribution in [0.2, 0.25) is 0 Å². The van der Waals surface area contributed by atoms with E-state index in [1.54, 1.807) is 30.3 Å². The second kappa shape index (κ2) is 7.69. The zero-order valence-corrected chi connectivity index (χ0v) is 17.6. The molecule has 5 N–H and O–H groups in total. The van der Waals surface area contributed by atoms with Gasteiger partial charge in [-0.3, -0.25) is 5.32 Å². The normalized spacial score (nSPS) is 11.5. The summed E-state index contributed by atoms with van der Waals surface area (Å²) >= 11 is 0. The van der Waals surface area contributed by atoms with E-state index in [1.165, 1.54) is 17.0 Å². The number of carbonyl (C=O) groups excluding carboxylic acids is 1. The van der Waals surface area contributed by atoms with Gasteiger partial charge in [0.05, 0.1) is 11.3 Å². The molecule has 11 nitrogen and oxygen atoms in total. The third kappa shape index (κ3) is 3.95. The number of benzene rings is 1. The van der Waals surface area contributed by atoms with Crippen LogP contribution in [0.3, 0.4) is 0 Å². The van der Waals surface area contributed by atoms with Crippen molar-refractivity contribution in [1.82, 2.24) is 19.8 Å². The van der Waals surface area contributed by atoms with Crippen LogP contribution in [0.1, 0.15) is 36.8 Å². The lowest BCUT2D eigenvalue weighted by Gasteiger charge is -2.12. The van der Waals surface area contributed by atoms with Crippen molar-refractivity contribution >= 4 is 34.9 Å². The highest BCUT2D eigenvalue weighted by molar-refractivity contribution is 6.04. The molecule has 0 aliphatic carbocycles. The number of hydrogen-bond donors (Lipinski definition) is 4. The predicted octanol–water partition coefficient (Wildman–Crippen LogP) is 3.61. The van der Waals surface area contributed by atoms with E-state index in [-0.39, 0.29) is 22.7 Å². The van der Waals surface area contributed by atoms with Gasteiger partial charge in [-0.05, 0) is 17.7 Å². The van der Waals surface area contributed by atoms with Gasteiger partial charge in [0.1, 0.15) is 11.8 Å². The van der Waals surface area contributed by atoms with Gasteiger partial charge in [-0.1, -0.05) is 38.1 Å². The summed E-state index contributed by atoms with van der Waals surface area (Å²) in [6.07, 6.45) is 2.64. The molecule has 0 aliphatic heterocycles. The van der Waals surface area contributed by atoms with Gasteiger partial charge >= 0.3 is 12.0 Å². The molecule has 0 fully saturated rings. The molecule has 0 radical (unpaired) electrons. The quantitative estimate of drug-likeness (QED) is 0.378. The molecule has 0 saturated carbocycles. The van der Waals surface area contributed by atoms with Crippen molar-refractivity contribution in [3.05, 3.63) is 54.1 Å². The molecule has 0 spiro atoms. The lowest BCUT2D eigenvalue weighted by molar-refractivity contribution is 0.0697. The van der Waals surface area contributed by atoms with E-state index < -0.39 is 12.0 Å². The molecular formula is C21H21N7O4. The molecule has 164 valence electrons. The Morgan fingerprint density at radius 2 is 1.88 bits per heavy atom. The number of amides is 2. The van der Waals surface area contributed by atoms with Crippen molar-refractivity contribution in [2.75, 3.05) is 16.4 Å². The number of nitrogen functional groups attached to an aromatic ring is 1. The fourth-order valence-electron chi connectivity index (χ4n) is 3.17. The third-order valence-corrected chi connectivity index (χ3v) is 4.78. The molecule has 0 aliphatic rings. The molecule has 1 aromatic carbocycles. The van der Waals surface area contributed by atoms with Crippen LogP contribution in [0.15, 0.2) is 47.4 Å². The third-order valence-electron chi connectivity index (χ3n) is 4.78. The van der Waals surface area contributed by atoms with E-state index in [4.69, 9.17) is 10.3 Å². The van der Waals surface area contributed by atoms with Gasteiger partial charge in [-0.2, -0.15) is 5.10 Å². The Kier molecular flexibility index (Phi) is 5.01. The van der Waals surface area contributed by atoms with Crippen molar-refractivity contribution in [2.24, 2.45) is 0 Å². The van der Waals surface area contributed by atoms with Gasteiger partial charge in [-0.15, -0.1) is 0 Å². The van der Waals surface area contributed by atoms with Crippen LogP contribution < -0.4 is 16.4 Å². The summed E-state index contributed by atoms with van der Waals surface area (Å²) < 4.78 is 6.53. The summed E-state index contributed by atoms with van der Waals surface area (Å²) in [5.41, 5.74) is 8.37. The number of aromatic carboxylic acids is 1. The second-order valence-corrected chi connectivity index (χ2v) is 8.14. The van der Waals surface area contributed by atoms with Crippen LogP contribution in [0.5, 0.6) is 0 Å². The highest BCUT2D eigenvalue weighted by Crippen LogP contribution is 2.33. The van der Waals surface area contributed by atoms with Gasteiger partial charge < -0.3 is 20.7 Å². The van der Waals surface area contributed by atoms with Crippen molar-refractivity contribution in [3.63, 3.8) is 0 Å². The fourth-order valence-corrected chi connectivity index (χ4v) is 3.17. The standard InChI is InChI=1S/C21H21N7O4/c1-21(2,3)14-8-15(32-27-14)26-20(31)25-12-6-4-11(5-7-12)16-13(19(29)30)9-28-17(16)18(22)23-10-24-28/h4-10H,1-3H3,(H,29,30)(H2,22,23,24)(H2,25,26,31). The first-order valence-corrected chi connectivity index (χ1v) is 9.64. The molecule has 11 heteroatoms. The van der Waals surface area contributed by atoms with Crippen LogP contribution >= 0.6 is 0 Å². The monoisotopic (exact) mass is 435 g/mol. The highest BCUT2D eigenvalue weighted by atomic mass is 16.5. The minimum atomic E-state index is -1.12. The Hall–Kier alpha value is -4.41. The Bertz CT molecular complexity index is 1320. The summed E-state index contributed by atoms with van der Waals surface area (Å²) in [5.74, 6) is -0.732. The average Bonchev–Trinajstić information content (AvgIpc) is 3.34. The summed E-state index contributed by atoms with van der Waals surface area (Å²) in [6.45, 7) is 5.96. The number of rotatable bonds is 4. The minimum absolute atomic E-state index is 0.0376. The first kappa shape index (κ1) is 20.8. The van der Waals surface area contributed by atoms with E-state index in [0.29, 0.717) is 22.3 Å². The van der Waals surface area contributed by atoms with E-state index in [1.807, 2.05) is 20.8 Å². The highest BCUT2D eigenvalue weighted by Gasteiger charge is 2.22. The smallest absolute Gasteiger partial charge is 0.337 e. The zero-order valence-electron chi connectivity index (χ0n) is 17.6. The number of nitrogens with one attached hydrogen (secondary N) is 2. The number of nitrogens with zero attached hydrogens (tertiary/aromatic N) is 4. The van der Waals surface area contributed by atoms with Gasteiger partial charge in [0, 0.05) is 28.9 Å².